The van der Waals surface area contributed by atoms with Gasteiger partial charge in [0.25, 0.3) is 0 Å². The minimum Gasteiger partial charge on any atom is -0.343 e. The highest BCUT2D eigenvalue weighted by Gasteiger charge is 2.23. The quantitative estimate of drug-likeness (QED) is 0.708. The van der Waals surface area contributed by atoms with Crippen molar-refractivity contribution in [2.75, 3.05) is 27.2 Å². The second kappa shape index (κ2) is 6.11. The van der Waals surface area contributed by atoms with Crippen LogP contribution < -0.4 is 0 Å². The van der Waals surface area contributed by atoms with Gasteiger partial charge < -0.3 is 9.80 Å². The molecule has 3 heteroatoms. The van der Waals surface area contributed by atoms with Crippen LogP contribution in [-0.2, 0) is 4.79 Å². The third-order valence-corrected chi connectivity index (χ3v) is 3.29. The SMILES string of the molecule is CCCCC(=O)N1CCC(N(C)C)CC1. The van der Waals surface area contributed by atoms with Gasteiger partial charge in [0.2, 0.25) is 5.91 Å². The smallest absolute Gasteiger partial charge is 0.222 e. The number of likely N-dealkylation sites (tertiary alicyclic amines) is 1. The Bertz CT molecular complexity index is 196. The van der Waals surface area contributed by atoms with Crippen molar-refractivity contribution in [3.05, 3.63) is 0 Å². The van der Waals surface area contributed by atoms with Crippen molar-refractivity contribution in [3.63, 3.8) is 0 Å². The molecule has 0 atom stereocenters. The Balaban J connectivity index is 2.27. The lowest BCUT2D eigenvalue weighted by molar-refractivity contribution is -0.132. The first kappa shape index (κ1) is 12.5. The molecule has 1 aliphatic rings. The molecule has 0 spiro atoms. The fourth-order valence-electron chi connectivity index (χ4n) is 2.12. The second-order valence-electron chi connectivity index (χ2n) is 4.68. The number of piperidine rings is 1. The number of rotatable bonds is 4. The number of nitrogens with zero attached hydrogens (tertiary/aromatic N) is 2. The summed E-state index contributed by atoms with van der Waals surface area (Å²) in [5.41, 5.74) is 0. The zero-order chi connectivity index (χ0) is 11.3. The Labute approximate surface area is 93.4 Å². The van der Waals surface area contributed by atoms with Gasteiger partial charge in [0.15, 0.2) is 0 Å². The second-order valence-corrected chi connectivity index (χ2v) is 4.68. The Morgan fingerprint density at radius 2 is 1.93 bits per heavy atom. The summed E-state index contributed by atoms with van der Waals surface area (Å²) in [5.74, 6) is 0.356. The van der Waals surface area contributed by atoms with Gasteiger partial charge in [0.1, 0.15) is 0 Å². The molecule has 3 nitrogen and oxygen atoms in total. The molecule has 0 aromatic carbocycles. The van der Waals surface area contributed by atoms with Crippen LogP contribution in [0.15, 0.2) is 0 Å². The summed E-state index contributed by atoms with van der Waals surface area (Å²) in [4.78, 5) is 16.1. The maximum absolute atomic E-state index is 11.7. The van der Waals surface area contributed by atoms with E-state index in [0.29, 0.717) is 11.9 Å². The van der Waals surface area contributed by atoms with Crippen molar-refractivity contribution in [3.8, 4) is 0 Å². The van der Waals surface area contributed by atoms with Crippen LogP contribution in [0.2, 0.25) is 0 Å². The Hall–Kier alpha value is -0.570. The summed E-state index contributed by atoms with van der Waals surface area (Å²) in [5, 5.41) is 0. The summed E-state index contributed by atoms with van der Waals surface area (Å²) >= 11 is 0. The molecule has 0 saturated carbocycles. The van der Waals surface area contributed by atoms with E-state index in [1.807, 2.05) is 4.90 Å². The van der Waals surface area contributed by atoms with Gasteiger partial charge >= 0.3 is 0 Å². The van der Waals surface area contributed by atoms with Gasteiger partial charge in [-0.2, -0.15) is 0 Å². The van der Waals surface area contributed by atoms with Crippen LogP contribution in [-0.4, -0.2) is 48.9 Å². The number of hydrogen-bond acceptors (Lipinski definition) is 2. The van der Waals surface area contributed by atoms with E-state index in [4.69, 9.17) is 0 Å². The molecule has 1 rings (SSSR count). The largest absolute Gasteiger partial charge is 0.343 e. The van der Waals surface area contributed by atoms with E-state index in [1.54, 1.807) is 0 Å². The van der Waals surface area contributed by atoms with Gasteiger partial charge in [-0.1, -0.05) is 13.3 Å². The molecule has 88 valence electrons. The molecule has 0 bridgehead atoms. The molecule has 1 saturated heterocycles. The van der Waals surface area contributed by atoms with E-state index in [1.165, 1.54) is 0 Å². The van der Waals surface area contributed by atoms with Crippen molar-refractivity contribution >= 4 is 5.91 Å². The molecule has 0 radical (unpaired) electrons. The summed E-state index contributed by atoms with van der Waals surface area (Å²) in [6.07, 6.45) is 5.14. The van der Waals surface area contributed by atoms with Gasteiger partial charge in [0, 0.05) is 25.6 Å². The molecular formula is C12H24N2O. The predicted octanol–water partition coefficient (Wildman–Crippen LogP) is 1.73. The standard InChI is InChI=1S/C12H24N2O/c1-4-5-6-12(15)14-9-7-11(8-10-14)13(2)3/h11H,4-10H2,1-3H3. The van der Waals surface area contributed by atoms with Crippen molar-refractivity contribution in [1.29, 1.82) is 0 Å². The van der Waals surface area contributed by atoms with Crippen LogP contribution >= 0.6 is 0 Å². The lowest BCUT2D eigenvalue weighted by Gasteiger charge is -2.35. The van der Waals surface area contributed by atoms with Crippen molar-refractivity contribution < 1.29 is 4.79 Å². The van der Waals surface area contributed by atoms with E-state index < -0.39 is 0 Å². The molecule has 1 amide bonds. The summed E-state index contributed by atoms with van der Waals surface area (Å²) in [7, 11) is 4.25. The van der Waals surface area contributed by atoms with E-state index in [-0.39, 0.29) is 0 Å². The minimum absolute atomic E-state index is 0.356. The van der Waals surface area contributed by atoms with Crippen LogP contribution in [0.25, 0.3) is 0 Å². The fraction of sp³-hybridized carbons (Fsp3) is 0.917. The molecule has 0 aromatic rings. The zero-order valence-corrected chi connectivity index (χ0v) is 10.3. The topological polar surface area (TPSA) is 23.6 Å². The highest BCUT2D eigenvalue weighted by Crippen LogP contribution is 2.15. The Kier molecular flexibility index (Phi) is 5.09. The maximum Gasteiger partial charge on any atom is 0.222 e. The van der Waals surface area contributed by atoms with E-state index in [2.05, 4.69) is 25.9 Å². The van der Waals surface area contributed by atoms with Gasteiger partial charge in [-0.25, -0.2) is 0 Å². The Morgan fingerprint density at radius 1 is 1.33 bits per heavy atom. The summed E-state index contributed by atoms with van der Waals surface area (Å²) in [6.45, 7) is 4.03. The molecule has 0 aromatic heterocycles. The van der Waals surface area contributed by atoms with Crippen LogP contribution in [0.4, 0.5) is 0 Å². The zero-order valence-electron chi connectivity index (χ0n) is 10.3. The highest BCUT2D eigenvalue weighted by molar-refractivity contribution is 5.76. The molecule has 0 unspecified atom stereocenters. The number of amides is 1. The normalized spacial score (nSPS) is 18.5. The van der Waals surface area contributed by atoms with Crippen LogP contribution in [0, 0.1) is 0 Å². The first-order valence-corrected chi connectivity index (χ1v) is 6.09. The molecule has 1 aliphatic heterocycles. The van der Waals surface area contributed by atoms with Crippen LogP contribution in [0.1, 0.15) is 39.0 Å². The van der Waals surface area contributed by atoms with Gasteiger partial charge in [0.05, 0.1) is 0 Å². The monoisotopic (exact) mass is 212 g/mol. The number of carbonyl (C=O) groups excluding carboxylic acids is 1. The van der Waals surface area contributed by atoms with Gasteiger partial charge in [-0.05, 0) is 33.4 Å². The average molecular weight is 212 g/mol. The number of carbonyl (C=O) groups is 1. The average Bonchev–Trinajstić information content (AvgIpc) is 2.26. The van der Waals surface area contributed by atoms with Crippen molar-refractivity contribution in [1.82, 2.24) is 9.80 Å². The van der Waals surface area contributed by atoms with E-state index in [9.17, 15) is 4.79 Å². The van der Waals surface area contributed by atoms with E-state index >= 15 is 0 Å². The molecule has 0 N–H and O–H groups in total. The van der Waals surface area contributed by atoms with Crippen LogP contribution in [0.3, 0.4) is 0 Å². The maximum atomic E-state index is 11.7. The highest BCUT2D eigenvalue weighted by atomic mass is 16.2. The molecular weight excluding hydrogens is 188 g/mol. The van der Waals surface area contributed by atoms with Gasteiger partial charge in [-0.3, -0.25) is 4.79 Å². The molecule has 15 heavy (non-hydrogen) atoms. The predicted molar refractivity (Wildman–Crippen MR) is 62.8 cm³/mol. The third-order valence-electron chi connectivity index (χ3n) is 3.29. The number of hydrogen-bond donors (Lipinski definition) is 0. The number of unbranched alkanes of at least 4 members (excludes halogenated alkanes) is 1. The molecule has 0 aliphatic carbocycles. The lowest BCUT2D eigenvalue weighted by atomic mass is 10.0. The summed E-state index contributed by atoms with van der Waals surface area (Å²) in [6, 6.07) is 0.667. The third kappa shape index (κ3) is 3.82. The first-order chi connectivity index (χ1) is 7.15. The summed E-state index contributed by atoms with van der Waals surface area (Å²) < 4.78 is 0. The first-order valence-electron chi connectivity index (χ1n) is 6.09. The fourth-order valence-corrected chi connectivity index (χ4v) is 2.12. The van der Waals surface area contributed by atoms with Crippen LogP contribution in [0.5, 0.6) is 0 Å². The van der Waals surface area contributed by atoms with Gasteiger partial charge in [-0.15, -0.1) is 0 Å². The Morgan fingerprint density at radius 3 is 2.40 bits per heavy atom. The minimum atomic E-state index is 0.356. The van der Waals surface area contributed by atoms with Crippen molar-refractivity contribution in [2.24, 2.45) is 0 Å². The van der Waals surface area contributed by atoms with Crippen molar-refractivity contribution in [2.45, 2.75) is 45.1 Å². The lowest BCUT2D eigenvalue weighted by Crippen LogP contribution is -2.44. The molecule has 1 heterocycles. The van der Waals surface area contributed by atoms with E-state index in [0.717, 1.165) is 45.2 Å². The molecule has 1 fully saturated rings.